The Balaban J connectivity index is 2.00. The second-order valence-electron chi connectivity index (χ2n) is 4.96. The molecule has 22 heavy (non-hydrogen) atoms. The molecule has 0 radical (unpaired) electrons. The zero-order valence-electron chi connectivity index (χ0n) is 12.6. The van der Waals surface area contributed by atoms with E-state index in [0.29, 0.717) is 30.0 Å². The van der Waals surface area contributed by atoms with Gasteiger partial charge in [-0.1, -0.05) is 25.5 Å². The number of hydrogen-bond acceptors (Lipinski definition) is 3. The van der Waals surface area contributed by atoms with Crippen molar-refractivity contribution in [2.45, 2.75) is 32.7 Å². The zero-order chi connectivity index (χ0) is 15.8. The van der Waals surface area contributed by atoms with E-state index in [1.165, 1.54) is 0 Å². The molecule has 5 nitrogen and oxygen atoms in total. The van der Waals surface area contributed by atoms with Crippen LogP contribution >= 0.6 is 0 Å². The third-order valence-electron chi connectivity index (χ3n) is 3.21. The molecule has 2 rings (SSSR count). The first kappa shape index (κ1) is 15.8. The number of unbranched alkanes of at least 4 members (excludes halogenated alkanes) is 1. The Labute approximate surface area is 129 Å². The first-order valence-corrected chi connectivity index (χ1v) is 7.40. The second kappa shape index (κ2) is 8.02. The van der Waals surface area contributed by atoms with Crippen molar-refractivity contribution in [2.24, 2.45) is 0 Å². The van der Waals surface area contributed by atoms with Crippen molar-refractivity contribution >= 4 is 17.5 Å². The summed E-state index contributed by atoms with van der Waals surface area (Å²) >= 11 is 0. The predicted octanol–water partition coefficient (Wildman–Crippen LogP) is 3.34. The molecule has 2 amide bonds. The normalized spacial score (nSPS) is 10.2. The van der Waals surface area contributed by atoms with Crippen LogP contribution in [0.5, 0.6) is 0 Å². The van der Waals surface area contributed by atoms with Gasteiger partial charge in [0.1, 0.15) is 5.76 Å². The predicted molar refractivity (Wildman–Crippen MR) is 84.5 cm³/mol. The van der Waals surface area contributed by atoms with E-state index in [4.69, 9.17) is 4.42 Å². The van der Waals surface area contributed by atoms with Crippen LogP contribution in [0.25, 0.3) is 0 Å². The van der Waals surface area contributed by atoms with Gasteiger partial charge in [-0.25, -0.2) is 0 Å². The summed E-state index contributed by atoms with van der Waals surface area (Å²) in [7, 11) is 0. The third-order valence-corrected chi connectivity index (χ3v) is 3.21. The molecule has 1 heterocycles. The highest BCUT2D eigenvalue weighted by molar-refractivity contribution is 6.03. The van der Waals surface area contributed by atoms with E-state index in [2.05, 4.69) is 10.6 Å². The maximum absolute atomic E-state index is 12.3. The van der Waals surface area contributed by atoms with Crippen molar-refractivity contribution in [1.82, 2.24) is 5.32 Å². The smallest absolute Gasteiger partial charge is 0.253 e. The number of carbonyl (C=O) groups is 2. The van der Waals surface area contributed by atoms with Crippen molar-refractivity contribution in [3.63, 3.8) is 0 Å². The van der Waals surface area contributed by atoms with Gasteiger partial charge in [-0.05, 0) is 30.7 Å². The van der Waals surface area contributed by atoms with Gasteiger partial charge in [0.2, 0.25) is 5.91 Å². The van der Waals surface area contributed by atoms with Crippen LogP contribution < -0.4 is 10.6 Å². The first-order chi connectivity index (χ1) is 10.7. The summed E-state index contributed by atoms with van der Waals surface area (Å²) in [4.78, 5) is 24.1. The number of rotatable bonds is 7. The van der Waals surface area contributed by atoms with Crippen LogP contribution in [-0.2, 0) is 11.3 Å². The first-order valence-electron chi connectivity index (χ1n) is 7.40. The number of benzene rings is 1. The summed E-state index contributed by atoms with van der Waals surface area (Å²) in [6, 6.07) is 10.5. The monoisotopic (exact) mass is 300 g/mol. The molecule has 0 aliphatic carbocycles. The minimum Gasteiger partial charge on any atom is -0.467 e. The molecule has 0 unspecified atom stereocenters. The Morgan fingerprint density at radius 2 is 1.95 bits per heavy atom. The van der Waals surface area contributed by atoms with Gasteiger partial charge in [0.25, 0.3) is 5.91 Å². The molecule has 2 aromatic rings. The van der Waals surface area contributed by atoms with E-state index in [1.54, 1.807) is 42.7 Å². The van der Waals surface area contributed by atoms with Crippen LogP contribution in [0.3, 0.4) is 0 Å². The van der Waals surface area contributed by atoms with Crippen molar-refractivity contribution in [3.05, 3.63) is 54.0 Å². The minimum atomic E-state index is -0.247. The van der Waals surface area contributed by atoms with E-state index in [-0.39, 0.29) is 11.8 Å². The van der Waals surface area contributed by atoms with Gasteiger partial charge in [0.05, 0.1) is 24.1 Å². The topological polar surface area (TPSA) is 71.3 Å². The highest BCUT2D eigenvalue weighted by atomic mass is 16.3. The lowest BCUT2D eigenvalue weighted by Gasteiger charge is -2.11. The Bertz CT molecular complexity index is 621. The lowest BCUT2D eigenvalue weighted by Crippen LogP contribution is -2.24. The fourth-order valence-corrected chi connectivity index (χ4v) is 2.02. The molecular weight excluding hydrogens is 280 g/mol. The number of furan rings is 1. The summed E-state index contributed by atoms with van der Waals surface area (Å²) in [5.74, 6) is 0.355. The Kier molecular flexibility index (Phi) is 5.77. The largest absolute Gasteiger partial charge is 0.467 e. The van der Waals surface area contributed by atoms with E-state index in [9.17, 15) is 9.59 Å². The third kappa shape index (κ3) is 4.48. The molecular formula is C17H20N2O3. The number of amides is 2. The van der Waals surface area contributed by atoms with E-state index in [0.717, 1.165) is 12.8 Å². The average molecular weight is 300 g/mol. The maximum atomic E-state index is 12.3. The maximum Gasteiger partial charge on any atom is 0.253 e. The van der Waals surface area contributed by atoms with E-state index >= 15 is 0 Å². The summed E-state index contributed by atoms with van der Waals surface area (Å²) < 4.78 is 5.17. The van der Waals surface area contributed by atoms with Gasteiger partial charge in [-0.2, -0.15) is 0 Å². The highest BCUT2D eigenvalue weighted by Crippen LogP contribution is 2.16. The quantitative estimate of drug-likeness (QED) is 0.823. The van der Waals surface area contributed by atoms with Gasteiger partial charge in [-0.15, -0.1) is 0 Å². The number of carbonyl (C=O) groups excluding carboxylic acids is 2. The van der Waals surface area contributed by atoms with E-state index in [1.807, 2.05) is 6.92 Å². The summed E-state index contributed by atoms with van der Waals surface area (Å²) in [6.45, 7) is 2.34. The number of anilines is 1. The molecule has 1 aromatic heterocycles. The molecule has 0 saturated heterocycles. The molecule has 0 aliphatic heterocycles. The fourth-order valence-electron chi connectivity index (χ4n) is 2.02. The molecule has 0 bridgehead atoms. The van der Waals surface area contributed by atoms with Crippen LogP contribution in [0.15, 0.2) is 47.1 Å². The van der Waals surface area contributed by atoms with Crippen molar-refractivity contribution in [1.29, 1.82) is 0 Å². The lowest BCUT2D eigenvalue weighted by molar-refractivity contribution is -0.116. The average Bonchev–Trinajstić information content (AvgIpc) is 3.04. The van der Waals surface area contributed by atoms with Crippen molar-refractivity contribution in [3.8, 4) is 0 Å². The second-order valence-corrected chi connectivity index (χ2v) is 4.96. The van der Waals surface area contributed by atoms with Crippen LogP contribution in [-0.4, -0.2) is 11.8 Å². The molecule has 0 fully saturated rings. The molecule has 1 aromatic carbocycles. The lowest BCUT2D eigenvalue weighted by atomic mass is 10.1. The summed E-state index contributed by atoms with van der Waals surface area (Å²) in [5, 5.41) is 5.57. The number of hydrogen-bond donors (Lipinski definition) is 2. The molecule has 5 heteroatoms. The number of nitrogens with one attached hydrogen (secondary N) is 2. The molecule has 116 valence electrons. The van der Waals surface area contributed by atoms with Crippen LogP contribution in [0.2, 0.25) is 0 Å². The molecule has 2 N–H and O–H groups in total. The zero-order valence-corrected chi connectivity index (χ0v) is 12.6. The Morgan fingerprint density at radius 3 is 2.68 bits per heavy atom. The van der Waals surface area contributed by atoms with Crippen LogP contribution in [0, 0.1) is 0 Å². The summed E-state index contributed by atoms with van der Waals surface area (Å²) in [5.41, 5.74) is 0.972. The molecule has 0 spiro atoms. The standard InChI is InChI=1S/C17H20N2O3/c1-2-3-10-16(20)19-15-9-5-4-8-14(15)17(21)18-12-13-7-6-11-22-13/h4-9,11H,2-3,10,12H2,1H3,(H,18,21)(H,19,20). The van der Waals surface area contributed by atoms with Gasteiger partial charge in [-0.3, -0.25) is 9.59 Å². The van der Waals surface area contributed by atoms with E-state index < -0.39 is 0 Å². The summed E-state index contributed by atoms with van der Waals surface area (Å²) in [6.07, 6.45) is 3.81. The highest BCUT2D eigenvalue weighted by Gasteiger charge is 2.13. The van der Waals surface area contributed by atoms with Gasteiger partial charge in [0, 0.05) is 6.42 Å². The molecule has 0 saturated carbocycles. The minimum absolute atomic E-state index is 0.0758. The number of para-hydroxylation sites is 1. The van der Waals surface area contributed by atoms with Crippen molar-refractivity contribution in [2.75, 3.05) is 5.32 Å². The van der Waals surface area contributed by atoms with Gasteiger partial charge >= 0.3 is 0 Å². The van der Waals surface area contributed by atoms with Gasteiger partial charge in [0.15, 0.2) is 0 Å². The van der Waals surface area contributed by atoms with Gasteiger partial charge < -0.3 is 15.1 Å². The van der Waals surface area contributed by atoms with Crippen molar-refractivity contribution < 1.29 is 14.0 Å². The van der Waals surface area contributed by atoms with Crippen LogP contribution in [0.1, 0.15) is 42.3 Å². The fraction of sp³-hybridized carbons (Fsp3) is 0.294. The SMILES string of the molecule is CCCCC(=O)Nc1ccccc1C(=O)NCc1ccco1. The Morgan fingerprint density at radius 1 is 1.14 bits per heavy atom. The Hall–Kier alpha value is -2.56. The van der Waals surface area contributed by atoms with Crippen LogP contribution in [0.4, 0.5) is 5.69 Å². The molecule has 0 aliphatic rings. The molecule has 0 atom stereocenters.